The average Bonchev–Trinajstić information content (AvgIpc) is 2.88. The summed E-state index contributed by atoms with van der Waals surface area (Å²) in [6, 6.07) is 9.71. The van der Waals surface area contributed by atoms with Gasteiger partial charge in [0.05, 0.1) is 10.2 Å². The van der Waals surface area contributed by atoms with Gasteiger partial charge in [0, 0.05) is 19.3 Å². The largest absolute Gasteiger partial charge is 0.463 e. The maximum atomic E-state index is 12.0. The molecule has 0 radical (unpaired) electrons. The second kappa shape index (κ2) is 8.12. The Morgan fingerprint density at radius 2 is 2.09 bits per heavy atom. The summed E-state index contributed by atoms with van der Waals surface area (Å²) in [5, 5.41) is 7.21. The first-order valence-corrected chi connectivity index (χ1v) is 8.16. The summed E-state index contributed by atoms with van der Waals surface area (Å²) in [6.45, 7) is 3.07. The maximum Gasteiger partial charge on any atom is 0.260 e. The molecule has 0 fully saturated rings. The van der Waals surface area contributed by atoms with Gasteiger partial charge in [-0.3, -0.25) is 4.79 Å². The Labute approximate surface area is 144 Å². The Kier molecular flexibility index (Phi) is 6.18. The van der Waals surface area contributed by atoms with Crippen molar-refractivity contribution in [3.05, 3.63) is 41.0 Å². The van der Waals surface area contributed by atoms with Crippen LogP contribution in [0.2, 0.25) is 0 Å². The highest BCUT2D eigenvalue weighted by atomic mass is 79.9. The number of hydrogen-bond acceptors (Lipinski definition) is 4. The highest BCUT2D eigenvalue weighted by Crippen LogP contribution is 2.25. The van der Waals surface area contributed by atoms with Crippen LogP contribution in [-0.2, 0) is 4.79 Å². The predicted octanol–water partition coefficient (Wildman–Crippen LogP) is 2.08. The Morgan fingerprint density at radius 1 is 1.39 bits per heavy atom. The van der Waals surface area contributed by atoms with Gasteiger partial charge in [0.2, 0.25) is 5.88 Å². The van der Waals surface area contributed by atoms with Crippen molar-refractivity contribution in [2.75, 3.05) is 27.2 Å². The molecule has 0 saturated heterocycles. The van der Waals surface area contributed by atoms with Crippen LogP contribution in [0.15, 0.2) is 41.0 Å². The highest BCUT2D eigenvalue weighted by Gasteiger charge is 2.18. The van der Waals surface area contributed by atoms with Crippen LogP contribution < -0.4 is 10.1 Å². The van der Waals surface area contributed by atoms with E-state index < -0.39 is 6.10 Å². The van der Waals surface area contributed by atoms with Crippen molar-refractivity contribution in [2.45, 2.75) is 13.0 Å². The lowest BCUT2D eigenvalue weighted by atomic mass is 10.3. The number of rotatable bonds is 7. The van der Waals surface area contributed by atoms with Crippen molar-refractivity contribution < 1.29 is 9.53 Å². The SMILES string of the molecule is C[C@@H](Oc1nn(-c2ccccc2)cc1Br)C(=O)NCCN(C)C. The second-order valence-corrected chi connectivity index (χ2v) is 6.27. The maximum absolute atomic E-state index is 12.0. The standard InChI is InChI=1S/C16H21BrN4O2/c1-12(15(22)18-9-10-20(2)3)23-16-14(17)11-21(19-16)13-7-5-4-6-8-13/h4-8,11-12H,9-10H2,1-3H3,(H,18,22)/t12-/m1/s1. The number of benzene rings is 1. The normalized spacial score (nSPS) is 12.2. The van der Waals surface area contributed by atoms with Crippen LogP contribution in [0.4, 0.5) is 0 Å². The van der Waals surface area contributed by atoms with Crippen LogP contribution >= 0.6 is 15.9 Å². The number of hydrogen-bond donors (Lipinski definition) is 1. The van der Waals surface area contributed by atoms with Crippen LogP contribution in [0.1, 0.15) is 6.92 Å². The molecule has 1 aromatic heterocycles. The molecule has 2 aromatic rings. The molecule has 0 aliphatic heterocycles. The van der Waals surface area contributed by atoms with Crippen LogP contribution in [0.25, 0.3) is 5.69 Å². The van der Waals surface area contributed by atoms with E-state index in [1.807, 2.05) is 49.3 Å². The van der Waals surface area contributed by atoms with Crippen molar-refractivity contribution in [3.63, 3.8) is 0 Å². The molecule has 0 aliphatic carbocycles. The van der Waals surface area contributed by atoms with Crippen molar-refractivity contribution in [1.82, 2.24) is 20.0 Å². The van der Waals surface area contributed by atoms with Gasteiger partial charge in [0.1, 0.15) is 0 Å². The summed E-state index contributed by atoms with van der Waals surface area (Å²) >= 11 is 3.42. The van der Waals surface area contributed by atoms with E-state index in [-0.39, 0.29) is 5.91 Å². The third kappa shape index (κ3) is 5.07. The fourth-order valence-electron chi connectivity index (χ4n) is 1.90. The molecule has 1 aromatic carbocycles. The highest BCUT2D eigenvalue weighted by molar-refractivity contribution is 9.10. The second-order valence-electron chi connectivity index (χ2n) is 5.42. The van der Waals surface area contributed by atoms with E-state index in [0.717, 1.165) is 12.2 Å². The van der Waals surface area contributed by atoms with Gasteiger partial charge in [-0.25, -0.2) is 4.68 Å². The van der Waals surface area contributed by atoms with Crippen molar-refractivity contribution in [2.24, 2.45) is 0 Å². The van der Waals surface area contributed by atoms with Crippen molar-refractivity contribution in [3.8, 4) is 11.6 Å². The fraction of sp³-hybridized carbons (Fsp3) is 0.375. The van der Waals surface area contributed by atoms with Gasteiger partial charge in [-0.2, -0.15) is 0 Å². The first-order valence-electron chi connectivity index (χ1n) is 7.37. The number of para-hydroxylation sites is 1. The van der Waals surface area contributed by atoms with Crippen LogP contribution in [0.3, 0.4) is 0 Å². The summed E-state index contributed by atoms with van der Waals surface area (Å²) in [5.41, 5.74) is 0.922. The van der Waals surface area contributed by atoms with E-state index in [2.05, 4.69) is 26.3 Å². The van der Waals surface area contributed by atoms with E-state index in [1.165, 1.54) is 0 Å². The number of aromatic nitrogens is 2. The first-order chi connectivity index (χ1) is 11.0. The Balaban J connectivity index is 1.97. The van der Waals surface area contributed by atoms with Gasteiger partial charge < -0.3 is 15.0 Å². The van der Waals surface area contributed by atoms with Crippen LogP contribution in [0.5, 0.6) is 5.88 Å². The van der Waals surface area contributed by atoms with E-state index in [1.54, 1.807) is 17.8 Å². The Morgan fingerprint density at radius 3 is 2.74 bits per heavy atom. The molecule has 6 nitrogen and oxygen atoms in total. The van der Waals surface area contributed by atoms with E-state index >= 15 is 0 Å². The Bertz CT molecular complexity index is 643. The lowest BCUT2D eigenvalue weighted by Crippen LogP contribution is -2.39. The number of nitrogens with zero attached hydrogens (tertiary/aromatic N) is 3. The minimum Gasteiger partial charge on any atom is -0.463 e. The molecule has 1 heterocycles. The number of nitrogens with one attached hydrogen (secondary N) is 1. The zero-order valence-electron chi connectivity index (χ0n) is 13.5. The molecule has 1 amide bonds. The van der Waals surface area contributed by atoms with E-state index in [4.69, 9.17) is 4.74 Å². The molecule has 23 heavy (non-hydrogen) atoms. The fourth-order valence-corrected chi connectivity index (χ4v) is 2.26. The third-order valence-corrected chi connectivity index (χ3v) is 3.72. The number of likely N-dealkylation sites (N-methyl/N-ethyl adjacent to an activating group) is 1. The minimum absolute atomic E-state index is 0.159. The topological polar surface area (TPSA) is 59.4 Å². The predicted molar refractivity (Wildman–Crippen MR) is 92.9 cm³/mol. The van der Waals surface area contributed by atoms with Gasteiger partial charge in [0.25, 0.3) is 5.91 Å². The zero-order valence-corrected chi connectivity index (χ0v) is 15.1. The smallest absolute Gasteiger partial charge is 0.260 e. The minimum atomic E-state index is -0.618. The molecule has 7 heteroatoms. The summed E-state index contributed by atoms with van der Waals surface area (Å²) in [4.78, 5) is 14.0. The summed E-state index contributed by atoms with van der Waals surface area (Å²) in [6.07, 6.45) is 1.19. The van der Waals surface area contributed by atoms with Gasteiger partial charge in [-0.1, -0.05) is 18.2 Å². The molecular formula is C16H21BrN4O2. The number of amides is 1. The summed E-state index contributed by atoms with van der Waals surface area (Å²) < 4.78 is 8.07. The lowest BCUT2D eigenvalue weighted by molar-refractivity contribution is -0.127. The zero-order chi connectivity index (χ0) is 16.8. The third-order valence-electron chi connectivity index (χ3n) is 3.18. The first kappa shape index (κ1) is 17.5. The van der Waals surface area contributed by atoms with Crippen LogP contribution in [-0.4, -0.2) is 53.9 Å². The number of ether oxygens (including phenoxy) is 1. The Hall–Kier alpha value is -1.86. The number of halogens is 1. The van der Waals surface area contributed by atoms with Crippen molar-refractivity contribution in [1.29, 1.82) is 0 Å². The molecule has 0 saturated carbocycles. The molecular weight excluding hydrogens is 360 g/mol. The number of carbonyl (C=O) groups is 1. The molecule has 124 valence electrons. The summed E-state index contributed by atoms with van der Waals surface area (Å²) in [5.74, 6) is 0.233. The van der Waals surface area contributed by atoms with Gasteiger partial charge >= 0.3 is 0 Å². The molecule has 2 rings (SSSR count). The van der Waals surface area contributed by atoms with E-state index in [0.29, 0.717) is 16.9 Å². The molecule has 1 atom stereocenters. The number of carbonyl (C=O) groups excluding carboxylic acids is 1. The van der Waals surface area contributed by atoms with Crippen LogP contribution in [0, 0.1) is 0 Å². The monoisotopic (exact) mass is 380 g/mol. The van der Waals surface area contributed by atoms with Crippen molar-refractivity contribution >= 4 is 21.8 Å². The molecule has 0 bridgehead atoms. The molecule has 0 aliphatic rings. The van der Waals surface area contributed by atoms with Gasteiger partial charge in [-0.05, 0) is 49.1 Å². The van der Waals surface area contributed by atoms with Gasteiger partial charge in [0.15, 0.2) is 6.10 Å². The molecule has 1 N–H and O–H groups in total. The average molecular weight is 381 g/mol. The van der Waals surface area contributed by atoms with E-state index in [9.17, 15) is 4.79 Å². The van der Waals surface area contributed by atoms with Gasteiger partial charge in [-0.15, -0.1) is 5.10 Å². The lowest BCUT2D eigenvalue weighted by Gasteiger charge is -2.15. The molecule has 0 unspecified atom stereocenters. The summed E-state index contributed by atoms with van der Waals surface area (Å²) in [7, 11) is 3.92. The molecule has 0 spiro atoms. The quantitative estimate of drug-likeness (QED) is 0.798.